The first-order valence-corrected chi connectivity index (χ1v) is 6.28. The number of rotatable bonds is 4. The SMILES string of the molecule is CCc1nc(N2CCC(CCN)C2)cc(=O)[nH]1. The minimum absolute atomic E-state index is 0.0610. The van der Waals surface area contributed by atoms with E-state index in [0.717, 1.165) is 50.5 Å². The van der Waals surface area contributed by atoms with Crippen LogP contribution in [-0.4, -0.2) is 29.6 Å². The van der Waals surface area contributed by atoms with E-state index in [1.54, 1.807) is 6.07 Å². The highest BCUT2D eigenvalue weighted by Gasteiger charge is 2.23. The molecule has 1 saturated heterocycles. The molecule has 0 bridgehead atoms. The molecule has 0 aromatic carbocycles. The lowest BCUT2D eigenvalue weighted by Gasteiger charge is -2.17. The maximum atomic E-state index is 11.5. The Morgan fingerprint density at radius 3 is 3.18 bits per heavy atom. The van der Waals surface area contributed by atoms with Crippen LogP contribution in [0.1, 0.15) is 25.6 Å². The third-order valence-corrected chi connectivity index (χ3v) is 3.30. The Balaban J connectivity index is 2.13. The molecule has 5 nitrogen and oxygen atoms in total. The minimum atomic E-state index is -0.0610. The van der Waals surface area contributed by atoms with Crippen LogP contribution >= 0.6 is 0 Å². The van der Waals surface area contributed by atoms with Crippen LogP contribution in [0.3, 0.4) is 0 Å². The van der Waals surface area contributed by atoms with E-state index >= 15 is 0 Å². The zero-order chi connectivity index (χ0) is 12.3. The molecule has 0 spiro atoms. The van der Waals surface area contributed by atoms with Crippen molar-refractivity contribution >= 4 is 5.82 Å². The van der Waals surface area contributed by atoms with E-state index in [1.807, 2.05) is 6.92 Å². The van der Waals surface area contributed by atoms with Crippen molar-refractivity contribution in [2.75, 3.05) is 24.5 Å². The second-order valence-corrected chi connectivity index (χ2v) is 4.58. The Morgan fingerprint density at radius 2 is 2.47 bits per heavy atom. The summed E-state index contributed by atoms with van der Waals surface area (Å²) in [7, 11) is 0. The summed E-state index contributed by atoms with van der Waals surface area (Å²) in [6.07, 6.45) is 2.95. The van der Waals surface area contributed by atoms with E-state index in [4.69, 9.17) is 5.73 Å². The molecule has 17 heavy (non-hydrogen) atoms. The van der Waals surface area contributed by atoms with Crippen LogP contribution in [0.4, 0.5) is 5.82 Å². The fourth-order valence-electron chi connectivity index (χ4n) is 2.34. The number of nitrogens with zero attached hydrogens (tertiary/aromatic N) is 2. The van der Waals surface area contributed by atoms with Gasteiger partial charge >= 0.3 is 0 Å². The van der Waals surface area contributed by atoms with Gasteiger partial charge in [0, 0.05) is 25.6 Å². The summed E-state index contributed by atoms with van der Waals surface area (Å²) >= 11 is 0. The molecule has 1 aliphatic rings. The van der Waals surface area contributed by atoms with Gasteiger partial charge < -0.3 is 15.6 Å². The van der Waals surface area contributed by atoms with Gasteiger partial charge in [0.15, 0.2) is 0 Å². The van der Waals surface area contributed by atoms with E-state index < -0.39 is 0 Å². The Labute approximate surface area is 101 Å². The molecule has 0 amide bonds. The summed E-state index contributed by atoms with van der Waals surface area (Å²) in [5.41, 5.74) is 5.51. The molecule has 0 saturated carbocycles. The first kappa shape index (κ1) is 12.1. The number of nitrogens with one attached hydrogen (secondary N) is 1. The molecule has 1 aromatic heterocycles. The predicted octanol–water partition coefficient (Wildman–Crippen LogP) is 0.507. The molecule has 2 heterocycles. The van der Waals surface area contributed by atoms with E-state index in [2.05, 4.69) is 14.9 Å². The third-order valence-electron chi connectivity index (χ3n) is 3.30. The molecule has 1 aromatic rings. The number of H-pyrrole nitrogens is 1. The molecule has 1 atom stereocenters. The maximum absolute atomic E-state index is 11.5. The van der Waals surface area contributed by atoms with Crippen LogP contribution in [0.5, 0.6) is 0 Å². The first-order valence-electron chi connectivity index (χ1n) is 6.28. The Kier molecular flexibility index (Phi) is 3.78. The van der Waals surface area contributed by atoms with Crippen molar-refractivity contribution < 1.29 is 0 Å². The largest absolute Gasteiger partial charge is 0.356 e. The van der Waals surface area contributed by atoms with Gasteiger partial charge in [-0.1, -0.05) is 6.92 Å². The van der Waals surface area contributed by atoms with Gasteiger partial charge in [-0.05, 0) is 25.3 Å². The second-order valence-electron chi connectivity index (χ2n) is 4.58. The lowest BCUT2D eigenvalue weighted by atomic mass is 10.1. The molecule has 1 aliphatic heterocycles. The van der Waals surface area contributed by atoms with Crippen LogP contribution in [0, 0.1) is 5.92 Å². The van der Waals surface area contributed by atoms with E-state index in [0.29, 0.717) is 5.92 Å². The predicted molar refractivity (Wildman–Crippen MR) is 68.2 cm³/mol. The molecule has 3 N–H and O–H groups in total. The standard InChI is InChI=1S/C12H20N4O/c1-2-10-14-11(7-12(17)15-10)16-6-4-9(8-16)3-5-13/h7,9H,2-6,8,13H2,1H3,(H,14,15,17). The maximum Gasteiger partial charge on any atom is 0.252 e. The molecular formula is C12H20N4O. The molecule has 1 fully saturated rings. The van der Waals surface area contributed by atoms with Crippen molar-refractivity contribution in [2.24, 2.45) is 11.7 Å². The van der Waals surface area contributed by atoms with Gasteiger partial charge in [-0.3, -0.25) is 4.79 Å². The summed E-state index contributed by atoms with van der Waals surface area (Å²) in [5, 5.41) is 0. The topological polar surface area (TPSA) is 75.0 Å². The fourth-order valence-corrected chi connectivity index (χ4v) is 2.34. The number of aromatic nitrogens is 2. The van der Waals surface area contributed by atoms with Gasteiger partial charge in [0.05, 0.1) is 0 Å². The highest BCUT2D eigenvalue weighted by molar-refractivity contribution is 5.38. The van der Waals surface area contributed by atoms with Gasteiger partial charge in [0.1, 0.15) is 11.6 Å². The molecular weight excluding hydrogens is 216 g/mol. The van der Waals surface area contributed by atoms with Crippen LogP contribution in [0.2, 0.25) is 0 Å². The lowest BCUT2D eigenvalue weighted by molar-refractivity contribution is 0.546. The van der Waals surface area contributed by atoms with Crippen LogP contribution in [0.25, 0.3) is 0 Å². The fraction of sp³-hybridized carbons (Fsp3) is 0.667. The number of anilines is 1. The highest BCUT2D eigenvalue weighted by atomic mass is 16.1. The highest BCUT2D eigenvalue weighted by Crippen LogP contribution is 2.23. The van der Waals surface area contributed by atoms with Crippen LogP contribution < -0.4 is 16.2 Å². The van der Waals surface area contributed by atoms with Crippen molar-refractivity contribution in [2.45, 2.75) is 26.2 Å². The summed E-state index contributed by atoms with van der Waals surface area (Å²) in [6.45, 7) is 4.67. The van der Waals surface area contributed by atoms with Gasteiger partial charge in [-0.2, -0.15) is 0 Å². The van der Waals surface area contributed by atoms with Gasteiger partial charge in [0.25, 0.3) is 5.56 Å². The van der Waals surface area contributed by atoms with E-state index in [-0.39, 0.29) is 5.56 Å². The number of nitrogens with two attached hydrogens (primary N) is 1. The monoisotopic (exact) mass is 236 g/mol. The van der Waals surface area contributed by atoms with Crippen molar-refractivity contribution in [1.29, 1.82) is 0 Å². The van der Waals surface area contributed by atoms with Crippen molar-refractivity contribution in [3.8, 4) is 0 Å². The zero-order valence-corrected chi connectivity index (χ0v) is 10.3. The summed E-state index contributed by atoms with van der Waals surface area (Å²) < 4.78 is 0. The molecule has 2 rings (SSSR count). The molecule has 1 unspecified atom stereocenters. The normalized spacial score (nSPS) is 19.9. The van der Waals surface area contributed by atoms with Gasteiger partial charge in [0.2, 0.25) is 0 Å². The number of hydrogen-bond donors (Lipinski definition) is 2. The Hall–Kier alpha value is -1.36. The lowest BCUT2D eigenvalue weighted by Crippen LogP contribution is -2.24. The summed E-state index contributed by atoms with van der Waals surface area (Å²) in [6, 6.07) is 1.59. The van der Waals surface area contributed by atoms with E-state index in [1.165, 1.54) is 0 Å². The number of aryl methyl sites for hydroxylation is 1. The van der Waals surface area contributed by atoms with Crippen molar-refractivity contribution in [3.63, 3.8) is 0 Å². The van der Waals surface area contributed by atoms with Crippen molar-refractivity contribution in [1.82, 2.24) is 9.97 Å². The quantitative estimate of drug-likeness (QED) is 0.798. The van der Waals surface area contributed by atoms with Crippen molar-refractivity contribution in [3.05, 3.63) is 22.2 Å². The molecule has 0 radical (unpaired) electrons. The molecule has 0 aliphatic carbocycles. The number of hydrogen-bond acceptors (Lipinski definition) is 4. The minimum Gasteiger partial charge on any atom is -0.356 e. The summed E-state index contributed by atoms with van der Waals surface area (Å²) in [4.78, 5) is 20.9. The third kappa shape index (κ3) is 2.85. The van der Waals surface area contributed by atoms with Gasteiger partial charge in [-0.25, -0.2) is 4.98 Å². The van der Waals surface area contributed by atoms with E-state index in [9.17, 15) is 4.79 Å². The smallest absolute Gasteiger partial charge is 0.252 e. The first-order chi connectivity index (χ1) is 8.22. The molecule has 94 valence electrons. The number of aromatic amines is 1. The molecule has 5 heteroatoms. The Bertz CT molecular complexity index is 429. The van der Waals surface area contributed by atoms with Crippen LogP contribution in [0.15, 0.2) is 10.9 Å². The summed E-state index contributed by atoms with van der Waals surface area (Å²) in [5.74, 6) is 2.21. The van der Waals surface area contributed by atoms with Crippen LogP contribution in [-0.2, 0) is 6.42 Å². The zero-order valence-electron chi connectivity index (χ0n) is 10.3. The second kappa shape index (κ2) is 5.31. The average Bonchev–Trinajstić information content (AvgIpc) is 2.77. The average molecular weight is 236 g/mol. The Morgan fingerprint density at radius 1 is 1.65 bits per heavy atom. The van der Waals surface area contributed by atoms with Gasteiger partial charge in [-0.15, -0.1) is 0 Å².